The highest BCUT2D eigenvalue weighted by Crippen LogP contribution is 2.27. The summed E-state index contributed by atoms with van der Waals surface area (Å²) >= 11 is 0. The van der Waals surface area contributed by atoms with Gasteiger partial charge >= 0.3 is 0 Å². The lowest BCUT2D eigenvalue weighted by Gasteiger charge is -2.39. The van der Waals surface area contributed by atoms with E-state index >= 15 is 0 Å². The van der Waals surface area contributed by atoms with Gasteiger partial charge in [0.25, 0.3) is 0 Å². The lowest BCUT2D eigenvalue weighted by atomic mass is 9.96. The molecule has 4 nitrogen and oxygen atoms in total. The minimum absolute atomic E-state index is 0.195. The largest absolute Gasteiger partial charge is 0.329 e. The average Bonchev–Trinajstić information content (AvgIpc) is 2.71. The molecule has 0 aromatic heterocycles. The van der Waals surface area contributed by atoms with Crippen LogP contribution in [-0.2, 0) is 0 Å². The van der Waals surface area contributed by atoms with E-state index < -0.39 is 0 Å². The molecule has 0 aromatic rings. The Hall–Kier alpha value is -0.160. The molecule has 0 spiro atoms. The Morgan fingerprint density at radius 2 is 1.88 bits per heavy atom. The average molecular weight is 242 g/mol. The van der Waals surface area contributed by atoms with E-state index in [4.69, 9.17) is 5.73 Å². The molecule has 1 aliphatic rings. The molecule has 2 N–H and O–H groups in total. The van der Waals surface area contributed by atoms with Crippen molar-refractivity contribution in [2.24, 2.45) is 5.73 Å². The van der Waals surface area contributed by atoms with Gasteiger partial charge in [0.05, 0.1) is 0 Å². The van der Waals surface area contributed by atoms with Crippen LogP contribution in [-0.4, -0.2) is 80.1 Å². The Morgan fingerprint density at radius 1 is 1.24 bits per heavy atom. The lowest BCUT2D eigenvalue weighted by molar-refractivity contribution is 0.114. The molecule has 1 heterocycles. The van der Waals surface area contributed by atoms with E-state index in [0.717, 1.165) is 26.2 Å². The van der Waals surface area contributed by atoms with E-state index in [9.17, 15) is 0 Å². The summed E-state index contributed by atoms with van der Waals surface area (Å²) in [5, 5.41) is 0. The van der Waals surface area contributed by atoms with Crippen molar-refractivity contribution in [1.29, 1.82) is 0 Å². The van der Waals surface area contributed by atoms with Gasteiger partial charge in [0, 0.05) is 44.3 Å². The topological polar surface area (TPSA) is 35.7 Å². The van der Waals surface area contributed by atoms with Crippen LogP contribution in [0, 0.1) is 0 Å². The van der Waals surface area contributed by atoms with Gasteiger partial charge < -0.3 is 10.6 Å². The maximum absolute atomic E-state index is 6.06. The first-order chi connectivity index (χ1) is 7.91. The van der Waals surface area contributed by atoms with E-state index in [2.05, 4.69) is 49.7 Å². The summed E-state index contributed by atoms with van der Waals surface area (Å²) in [5.74, 6) is 0. The molecule has 1 fully saturated rings. The molecule has 0 saturated carbocycles. The molecule has 0 aromatic carbocycles. The van der Waals surface area contributed by atoms with Crippen molar-refractivity contribution in [3.8, 4) is 0 Å². The highest BCUT2D eigenvalue weighted by Gasteiger charge is 2.40. The molecule has 4 heteroatoms. The predicted octanol–water partition coefficient (Wildman–Crippen LogP) is 0.291. The first kappa shape index (κ1) is 14.9. The van der Waals surface area contributed by atoms with E-state index in [0.29, 0.717) is 6.04 Å². The molecule has 1 aliphatic heterocycles. The highest BCUT2D eigenvalue weighted by molar-refractivity contribution is 4.99. The summed E-state index contributed by atoms with van der Waals surface area (Å²) < 4.78 is 0. The Morgan fingerprint density at radius 3 is 2.29 bits per heavy atom. The van der Waals surface area contributed by atoms with Crippen LogP contribution in [0.5, 0.6) is 0 Å². The molecule has 102 valence electrons. The number of hydrogen-bond donors (Lipinski definition) is 1. The predicted molar refractivity (Wildman–Crippen MR) is 74.3 cm³/mol. The minimum Gasteiger partial charge on any atom is -0.329 e. The fourth-order valence-electron chi connectivity index (χ4n) is 2.55. The summed E-state index contributed by atoms with van der Waals surface area (Å²) in [5.41, 5.74) is 6.25. The number of rotatable bonds is 6. The second kappa shape index (κ2) is 6.14. The third-order valence-electron chi connectivity index (χ3n) is 4.16. The summed E-state index contributed by atoms with van der Waals surface area (Å²) in [4.78, 5) is 7.24. The standard InChI is InChI=1S/C13H30N4/c1-12(2)17-7-6-13(10-14,11-17)16(5)9-8-15(3)4/h12H,6-11,14H2,1-5H3. The van der Waals surface area contributed by atoms with Crippen molar-refractivity contribution >= 4 is 0 Å². The van der Waals surface area contributed by atoms with Gasteiger partial charge in [-0.2, -0.15) is 0 Å². The van der Waals surface area contributed by atoms with Crippen molar-refractivity contribution in [3.63, 3.8) is 0 Å². The van der Waals surface area contributed by atoms with Crippen molar-refractivity contribution < 1.29 is 0 Å². The maximum atomic E-state index is 6.06. The molecule has 1 unspecified atom stereocenters. The zero-order chi connectivity index (χ0) is 13.1. The number of hydrogen-bond acceptors (Lipinski definition) is 4. The van der Waals surface area contributed by atoms with Crippen LogP contribution in [0.3, 0.4) is 0 Å². The summed E-state index contributed by atoms with van der Waals surface area (Å²) in [6.45, 7) is 9.79. The quantitative estimate of drug-likeness (QED) is 0.726. The minimum atomic E-state index is 0.195. The first-order valence-corrected chi connectivity index (χ1v) is 6.71. The van der Waals surface area contributed by atoms with Crippen molar-refractivity contribution in [1.82, 2.24) is 14.7 Å². The molecule has 0 bridgehead atoms. The van der Waals surface area contributed by atoms with Gasteiger partial charge in [-0.25, -0.2) is 0 Å². The van der Waals surface area contributed by atoms with Crippen LogP contribution in [0.4, 0.5) is 0 Å². The van der Waals surface area contributed by atoms with Gasteiger partial charge in [0.15, 0.2) is 0 Å². The van der Waals surface area contributed by atoms with Crippen molar-refractivity contribution in [2.45, 2.75) is 31.8 Å². The van der Waals surface area contributed by atoms with Gasteiger partial charge in [0.1, 0.15) is 0 Å². The molecule has 1 rings (SSSR count). The molecule has 0 radical (unpaired) electrons. The molecule has 1 atom stereocenters. The van der Waals surface area contributed by atoms with Gasteiger partial charge in [-0.1, -0.05) is 0 Å². The smallest absolute Gasteiger partial charge is 0.0468 e. The Balaban J connectivity index is 2.57. The fraction of sp³-hybridized carbons (Fsp3) is 1.00. The van der Waals surface area contributed by atoms with Crippen LogP contribution in [0.2, 0.25) is 0 Å². The third-order valence-corrected chi connectivity index (χ3v) is 4.16. The molecule has 0 amide bonds. The monoisotopic (exact) mass is 242 g/mol. The lowest BCUT2D eigenvalue weighted by Crippen LogP contribution is -2.55. The van der Waals surface area contributed by atoms with Crippen LogP contribution in [0.1, 0.15) is 20.3 Å². The molecular weight excluding hydrogens is 212 g/mol. The Bertz CT molecular complexity index is 229. The summed E-state index contributed by atoms with van der Waals surface area (Å²) in [6, 6.07) is 0.630. The number of nitrogens with zero attached hydrogens (tertiary/aromatic N) is 3. The zero-order valence-electron chi connectivity index (χ0n) is 12.2. The molecule has 1 saturated heterocycles. The fourth-order valence-corrected chi connectivity index (χ4v) is 2.55. The van der Waals surface area contributed by atoms with Crippen molar-refractivity contribution in [2.75, 3.05) is 53.9 Å². The summed E-state index contributed by atoms with van der Waals surface area (Å²) in [6.07, 6.45) is 1.20. The van der Waals surface area contributed by atoms with Crippen molar-refractivity contribution in [3.05, 3.63) is 0 Å². The highest BCUT2D eigenvalue weighted by atomic mass is 15.3. The second-order valence-corrected chi connectivity index (χ2v) is 5.97. The second-order valence-electron chi connectivity index (χ2n) is 5.97. The zero-order valence-corrected chi connectivity index (χ0v) is 12.2. The molecular formula is C13H30N4. The Labute approximate surface area is 107 Å². The maximum Gasteiger partial charge on any atom is 0.0468 e. The molecule has 17 heavy (non-hydrogen) atoms. The van der Waals surface area contributed by atoms with E-state index in [-0.39, 0.29) is 5.54 Å². The van der Waals surface area contributed by atoms with Crippen LogP contribution >= 0.6 is 0 Å². The number of likely N-dealkylation sites (N-methyl/N-ethyl adjacent to an activating group) is 2. The number of nitrogens with two attached hydrogens (primary N) is 1. The first-order valence-electron chi connectivity index (χ1n) is 6.71. The normalized spacial score (nSPS) is 26.6. The third kappa shape index (κ3) is 3.65. The van der Waals surface area contributed by atoms with Gasteiger partial charge in [-0.05, 0) is 41.4 Å². The van der Waals surface area contributed by atoms with Crippen LogP contribution < -0.4 is 5.73 Å². The van der Waals surface area contributed by atoms with E-state index in [1.54, 1.807) is 0 Å². The van der Waals surface area contributed by atoms with Crippen LogP contribution in [0.25, 0.3) is 0 Å². The summed E-state index contributed by atoms with van der Waals surface area (Å²) in [7, 11) is 6.47. The van der Waals surface area contributed by atoms with E-state index in [1.165, 1.54) is 13.0 Å². The van der Waals surface area contributed by atoms with Gasteiger partial charge in [0.2, 0.25) is 0 Å². The SMILES string of the molecule is CC(C)N1CCC(CN)(N(C)CCN(C)C)C1. The van der Waals surface area contributed by atoms with Crippen LogP contribution in [0.15, 0.2) is 0 Å². The van der Waals surface area contributed by atoms with Gasteiger partial charge in [-0.15, -0.1) is 0 Å². The number of likely N-dealkylation sites (tertiary alicyclic amines) is 1. The van der Waals surface area contributed by atoms with Gasteiger partial charge in [-0.3, -0.25) is 9.80 Å². The Kier molecular flexibility index (Phi) is 5.38. The molecule has 0 aliphatic carbocycles. The van der Waals surface area contributed by atoms with E-state index in [1.807, 2.05) is 0 Å².